The second kappa shape index (κ2) is 8.41. The minimum atomic E-state index is -4.63. The molecule has 0 unspecified atom stereocenters. The Bertz CT molecular complexity index is 1410. The van der Waals surface area contributed by atoms with Gasteiger partial charge in [0.25, 0.3) is 5.91 Å². The zero-order valence-corrected chi connectivity index (χ0v) is 18.0. The van der Waals surface area contributed by atoms with E-state index in [0.717, 1.165) is 23.9 Å². The molecule has 176 valence electrons. The molecule has 0 fully saturated rings. The molecule has 0 radical (unpaired) electrons. The van der Waals surface area contributed by atoms with Gasteiger partial charge in [0.05, 0.1) is 5.56 Å². The van der Waals surface area contributed by atoms with E-state index in [1.165, 1.54) is 18.2 Å². The Kier molecular flexibility index (Phi) is 5.74. The van der Waals surface area contributed by atoms with E-state index in [2.05, 4.69) is 15.3 Å². The molecule has 4 N–H and O–H groups in total. The van der Waals surface area contributed by atoms with Crippen molar-refractivity contribution in [1.29, 1.82) is 0 Å². The predicted molar refractivity (Wildman–Crippen MR) is 117 cm³/mol. The molecule has 1 atom stereocenters. The molecule has 0 saturated carbocycles. The van der Waals surface area contributed by atoms with Crippen LogP contribution in [0, 0.1) is 19.7 Å². The normalized spacial score (nSPS) is 12.7. The number of amides is 1. The smallest absolute Gasteiger partial charge is 0.382 e. The third-order valence-corrected chi connectivity index (χ3v) is 5.30. The third kappa shape index (κ3) is 4.17. The molecule has 34 heavy (non-hydrogen) atoms. The average Bonchev–Trinajstić information content (AvgIpc) is 3.13. The van der Waals surface area contributed by atoms with Gasteiger partial charge in [0.2, 0.25) is 0 Å². The second-order valence-corrected chi connectivity index (χ2v) is 7.69. The van der Waals surface area contributed by atoms with Crippen LogP contribution in [0.2, 0.25) is 0 Å². The number of alkyl halides is 3. The Labute approximate surface area is 190 Å². The number of aliphatic hydroxyl groups is 1. The molecule has 2 heterocycles. The topological polar surface area (TPSA) is 106 Å². The number of fused-ring (bicyclic) bond motifs is 1. The first kappa shape index (κ1) is 23.2. The zero-order chi connectivity index (χ0) is 24.8. The fourth-order valence-corrected chi connectivity index (χ4v) is 3.70. The van der Waals surface area contributed by atoms with E-state index in [0.29, 0.717) is 17.4 Å². The van der Waals surface area contributed by atoms with Crippen LogP contribution in [0.25, 0.3) is 16.8 Å². The number of nitrogens with zero attached hydrogens (tertiary/aromatic N) is 3. The van der Waals surface area contributed by atoms with Crippen LogP contribution >= 0.6 is 0 Å². The lowest BCUT2D eigenvalue weighted by molar-refractivity contribution is -0.138. The lowest BCUT2D eigenvalue weighted by atomic mass is 10.0. The molecule has 11 heteroatoms. The Balaban J connectivity index is 1.61. The molecule has 0 spiro atoms. The fraction of sp³-hybridized carbons (Fsp3) is 0.174. The molecule has 0 saturated heterocycles. The number of carbonyl (C=O) groups is 1. The summed E-state index contributed by atoms with van der Waals surface area (Å²) in [6.07, 6.45) is -4.94. The van der Waals surface area contributed by atoms with E-state index in [1.807, 2.05) is 6.92 Å². The Morgan fingerprint density at radius 3 is 2.59 bits per heavy atom. The maximum absolute atomic E-state index is 15.0. The summed E-state index contributed by atoms with van der Waals surface area (Å²) in [4.78, 5) is 20.9. The number of anilines is 2. The van der Waals surface area contributed by atoms with Crippen LogP contribution in [0.5, 0.6) is 0 Å². The van der Waals surface area contributed by atoms with E-state index in [4.69, 9.17) is 5.73 Å². The van der Waals surface area contributed by atoms with Crippen LogP contribution in [0.1, 0.15) is 28.7 Å². The van der Waals surface area contributed by atoms with Crippen LogP contribution in [0.3, 0.4) is 0 Å². The van der Waals surface area contributed by atoms with Gasteiger partial charge in [0.15, 0.2) is 6.10 Å². The number of imidazole rings is 1. The van der Waals surface area contributed by atoms with E-state index in [1.54, 1.807) is 17.5 Å². The highest BCUT2D eigenvalue weighted by molar-refractivity contribution is 5.95. The summed E-state index contributed by atoms with van der Waals surface area (Å²) in [6.45, 7) is 3.55. The molecule has 0 aliphatic heterocycles. The summed E-state index contributed by atoms with van der Waals surface area (Å²) in [5, 5.41) is 12.5. The molecule has 0 aliphatic rings. The van der Waals surface area contributed by atoms with Crippen LogP contribution < -0.4 is 11.1 Å². The summed E-state index contributed by atoms with van der Waals surface area (Å²) < 4.78 is 55.5. The van der Waals surface area contributed by atoms with Gasteiger partial charge in [0, 0.05) is 23.1 Å². The average molecular weight is 473 g/mol. The van der Waals surface area contributed by atoms with E-state index < -0.39 is 29.6 Å². The van der Waals surface area contributed by atoms with Crippen molar-refractivity contribution < 1.29 is 27.5 Å². The Morgan fingerprint density at radius 2 is 1.91 bits per heavy atom. The van der Waals surface area contributed by atoms with Crippen molar-refractivity contribution in [2.75, 3.05) is 11.1 Å². The van der Waals surface area contributed by atoms with Gasteiger partial charge < -0.3 is 16.2 Å². The zero-order valence-electron chi connectivity index (χ0n) is 18.0. The summed E-state index contributed by atoms with van der Waals surface area (Å²) in [6, 6.07) is 7.57. The minimum absolute atomic E-state index is 0.000194. The molecule has 2 aromatic carbocycles. The number of nitrogens with one attached hydrogen (secondary N) is 1. The van der Waals surface area contributed by atoms with Crippen molar-refractivity contribution in [3.05, 3.63) is 77.1 Å². The maximum Gasteiger partial charge on any atom is 0.416 e. The summed E-state index contributed by atoms with van der Waals surface area (Å²) in [5.41, 5.74) is 6.33. The first-order valence-electron chi connectivity index (χ1n) is 10.0. The van der Waals surface area contributed by atoms with Crippen molar-refractivity contribution in [3.63, 3.8) is 0 Å². The first-order chi connectivity index (χ1) is 16.0. The fourth-order valence-electron chi connectivity index (χ4n) is 3.70. The quantitative estimate of drug-likeness (QED) is 0.381. The van der Waals surface area contributed by atoms with Gasteiger partial charge in [-0.3, -0.25) is 9.20 Å². The van der Waals surface area contributed by atoms with Gasteiger partial charge in [-0.2, -0.15) is 13.2 Å². The van der Waals surface area contributed by atoms with E-state index >= 15 is 4.39 Å². The standard InChI is InChI=1S/C23H19F4N5O2/c1-11-10-29-21(28)19-18(30-12(2)32(11)19)16-7-6-15(9-17(16)24)31-22(34)20(33)13-4-3-5-14(8-13)23(25,26)27/h3-10,20,33H,1-2H3,(H2,28,29)(H,31,34)/t20-/m0/s1. The number of carbonyl (C=O) groups excluding carboxylic acids is 1. The minimum Gasteiger partial charge on any atom is -0.382 e. The highest BCUT2D eigenvalue weighted by Gasteiger charge is 2.31. The molecule has 0 bridgehead atoms. The van der Waals surface area contributed by atoms with Crippen LogP contribution in [-0.4, -0.2) is 25.4 Å². The van der Waals surface area contributed by atoms with Gasteiger partial charge in [-0.1, -0.05) is 12.1 Å². The third-order valence-electron chi connectivity index (χ3n) is 5.30. The first-order valence-corrected chi connectivity index (χ1v) is 10.0. The Morgan fingerprint density at radius 1 is 1.18 bits per heavy atom. The predicted octanol–water partition coefficient (Wildman–Crippen LogP) is 4.43. The second-order valence-electron chi connectivity index (χ2n) is 7.69. The number of aliphatic hydroxyl groups excluding tert-OH is 1. The number of aryl methyl sites for hydroxylation is 2. The summed E-state index contributed by atoms with van der Waals surface area (Å²) >= 11 is 0. The summed E-state index contributed by atoms with van der Waals surface area (Å²) in [5.74, 6) is -0.995. The molecular formula is C23H19F4N5O2. The number of nitrogens with two attached hydrogens (primary N) is 1. The van der Waals surface area contributed by atoms with Gasteiger partial charge in [-0.15, -0.1) is 0 Å². The van der Waals surface area contributed by atoms with Gasteiger partial charge in [0.1, 0.15) is 28.7 Å². The number of aromatic nitrogens is 3. The largest absolute Gasteiger partial charge is 0.416 e. The van der Waals surface area contributed by atoms with Crippen molar-refractivity contribution in [2.45, 2.75) is 26.1 Å². The van der Waals surface area contributed by atoms with Crippen molar-refractivity contribution in [3.8, 4) is 11.3 Å². The number of hydrogen-bond donors (Lipinski definition) is 3. The lowest BCUT2D eigenvalue weighted by Gasteiger charge is -2.14. The van der Waals surface area contributed by atoms with Gasteiger partial charge >= 0.3 is 6.18 Å². The van der Waals surface area contributed by atoms with Crippen LogP contribution in [0.15, 0.2) is 48.7 Å². The molecule has 0 aliphatic carbocycles. The number of rotatable bonds is 4. The number of halogens is 4. The number of hydrogen-bond acceptors (Lipinski definition) is 5. The highest BCUT2D eigenvalue weighted by atomic mass is 19.4. The van der Waals surface area contributed by atoms with Crippen molar-refractivity contribution >= 4 is 22.9 Å². The number of nitrogen functional groups attached to an aromatic ring is 1. The van der Waals surface area contributed by atoms with Crippen molar-refractivity contribution in [2.24, 2.45) is 0 Å². The maximum atomic E-state index is 15.0. The molecule has 2 aromatic heterocycles. The lowest BCUT2D eigenvalue weighted by Crippen LogP contribution is -2.21. The van der Waals surface area contributed by atoms with Crippen LogP contribution in [0.4, 0.5) is 29.1 Å². The van der Waals surface area contributed by atoms with E-state index in [-0.39, 0.29) is 28.3 Å². The highest BCUT2D eigenvalue weighted by Crippen LogP contribution is 2.33. The van der Waals surface area contributed by atoms with E-state index in [9.17, 15) is 23.1 Å². The monoisotopic (exact) mass is 473 g/mol. The molecule has 7 nitrogen and oxygen atoms in total. The Hall–Kier alpha value is -3.99. The SMILES string of the molecule is Cc1cnc(N)c2c(-c3ccc(NC(=O)[C@@H](O)c4cccc(C(F)(F)F)c4)cc3F)nc(C)n12. The molecule has 1 amide bonds. The molecular weight excluding hydrogens is 454 g/mol. The number of benzene rings is 2. The molecule has 4 aromatic rings. The van der Waals surface area contributed by atoms with Crippen molar-refractivity contribution in [1.82, 2.24) is 14.4 Å². The van der Waals surface area contributed by atoms with Gasteiger partial charge in [-0.05, 0) is 49.7 Å². The van der Waals surface area contributed by atoms with Gasteiger partial charge in [-0.25, -0.2) is 14.4 Å². The van der Waals surface area contributed by atoms with Crippen LogP contribution in [-0.2, 0) is 11.0 Å². The molecule has 4 rings (SSSR count). The summed E-state index contributed by atoms with van der Waals surface area (Å²) in [7, 11) is 0.